The van der Waals surface area contributed by atoms with Crippen molar-refractivity contribution in [3.05, 3.63) is 35.4 Å². The summed E-state index contributed by atoms with van der Waals surface area (Å²) < 4.78 is 31.8. The van der Waals surface area contributed by atoms with E-state index in [0.717, 1.165) is 32.6 Å². The Labute approximate surface area is 149 Å². The van der Waals surface area contributed by atoms with Crippen molar-refractivity contribution in [3.8, 4) is 0 Å². The molecule has 0 amide bonds. The Kier molecular flexibility index (Phi) is 5.73. The highest BCUT2D eigenvalue weighted by Crippen LogP contribution is 2.22. The summed E-state index contributed by atoms with van der Waals surface area (Å²) in [4.78, 5) is 14.0. The number of esters is 1. The number of carbonyl (C=O) groups excluding carboxylic acids is 1. The standard InChI is InChI=1S/C17H25N3O4S/c1-24-17(21)15-4-2-3-14(11-15)13-25(22,23)20-8-5-16(12-20)19-9-6-18-7-10-19/h2-4,11,16,18H,5-10,12-13H2,1H3. The summed E-state index contributed by atoms with van der Waals surface area (Å²) in [5.41, 5.74) is 0.976. The molecule has 2 aliphatic heterocycles. The first-order valence-electron chi connectivity index (χ1n) is 8.59. The molecule has 2 saturated heterocycles. The molecule has 2 aliphatic rings. The van der Waals surface area contributed by atoms with Gasteiger partial charge >= 0.3 is 5.97 Å². The molecule has 0 radical (unpaired) electrons. The van der Waals surface area contributed by atoms with Gasteiger partial charge in [0.2, 0.25) is 10.0 Å². The number of rotatable bonds is 5. The number of carbonyl (C=O) groups is 1. The number of hydrogen-bond donors (Lipinski definition) is 1. The Hall–Kier alpha value is -1.48. The first-order valence-corrected chi connectivity index (χ1v) is 10.2. The van der Waals surface area contributed by atoms with Gasteiger partial charge in [-0.2, -0.15) is 0 Å². The normalized spacial score (nSPS) is 22.8. The minimum absolute atomic E-state index is 0.0912. The second kappa shape index (κ2) is 7.82. The number of methoxy groups -OCH3 is 1. The van der Waals surface area contributed by atoms with Crippen LogP contribution in [0.15, 0.2) is 24.3 Å². The van der Waals surface area contributed by atoms with E-state index >= 15 is 0 Å². The zero-order chi connectivity index (χ0) is 17.9. The zero-order valence-corrected chi connectivity index (χ0v) is 15.3. The van der Waals surface area contributed by atoms with Gasteiger partial charge in [-0.05, 0) is 24.1 Å². The maximum absolute atomic E-state index is 12.8. The van der Waals surface area contributed by atoms with Crippen LogP contribution in [-0.4, -0.2) is 76.0 Å². The van der Waals surface area contributed by atoms with Crippen LogP contribution in [-0.2, 0) is 20.5 Å². The Balaban J connectivity index is 1.65. The van der Waals surface area contributed by atoms with E-state index in [-0.39, 0.29) is 5.75 Å². The molecule has 0 aromatic heterocycles. The number of ether oxygens (including phenoxy) is 1. The molecule has 0 spiro atoms. The minimum Gasteiger partial charge on any atom is -0.465 e. The first-order chi connectivity index (χ1) is 12.0. The monoisotopic (exact) mass is 367 g/mol. The number of benzene rings is 1. The van der Waals surface area contributed by atoms with Crippen LogP contribution >= 0.6 is 0 Å². The van der Waals surface area contributed by atoms with Gasteiger partial charge in [0.1, 0.15) is 0 Å². The van der Waals surface area contributed by atoms with Crippen molar-refractivity contribution in [1.82, 2.24) is 14.5 Å². The van der Waals surface area contributed by atoms with Gasteiger partial charge in [-0.25, -0.2) is 17.5 Å². The van der Waals surface area contributed by atoms with Crippen LogP contribution in [0.4, 0.5) is 0 Å². The van der Waals surface area contributed by atoms with Crippen LogP contribution < -0.4 is 5.32 Å². The topological polar surface area (TPSA) is 79.0 Å². The fraction of sp³-hybridized carbons (Fsp3) is 0.588. The summed E-state index contributed by atoms with van der Waals surface area (Å²) in [7, 11) is -2.08. The van der Waals surface area contributed by atoms with Gasteiger partial charge in [0.15, 0.2) is 0 Å². The van der Waals surface area contributed by atoms with E-state index in [1.807, 2.05) is 0 Å². The average Bonchev–Trinajstić information content (AvgIpc) is 3.13. The largest absolute Gasteiger partial charge is 0.465 e. The lowest BCUT2D eigenvalue weighted by molar-refractivity contribution is 0.0600. The number of nitrogens with zero attached hydrogens (tertiary/aromatic N) is 2. The molecule has 138 valence electrons. The van der Waals surface area contributed by atoms with E-state index in [1.54, 1.807) is 28.6 Å². The van der Waals surface area contributed by atoms with E-state index in [1.165, 1.54) is 7.11 Å². The number of hydrogen-bond acceptors (Lipinski definition) is 6. The molecule has 1 atom stereocenters. The Morgan fingerprint density at radius 1 is 1.28 bits per heavy atom. The van der Waals surface area contributed by atoms with Crippen molar-refractivity contribution in [2.75, 3.05) is 46.4 Å². The highest BCUT2D eigenvalue weighted by atomic mass is 32.2. The number of nitrogens with one attached hydrogen (secondary N) is 1. The van der Waals surface area contributed by atoms with Crippen molar-refractivity contribution in [2.24, 2.45) is 0 Å². The van der Waals surface area contributed by atoms with Crippen molar-refractivity contribution >= 4 is 16.0 Å². The molecular weight excluding hydrogens is 342 g/mol. The van der Waals surface area contributed by atoms with E-state index in [0.29, 0.717) is 30.3 Å². The molecular formula is C17H25N3O4S. The Morgan fingerprint density at radius 3 is 2.76 bits per heavy atom. The first kappa shape index (κ1) is 18.3. The third kappa shape index (κ3) is 4.38. The third-order valence-corrected chi connectivity index (χ3v) is 6.70. The highest BCUT2D eigenvalue weighted by molar-refractivity contribution is 7.88. The Bertz CT molecular complexity index is 716. The molecule has 1 unspecified atom stereocenters. The van der Waals surface area contributed by atoms with Crippen molar-refractivity contribution in [1.29, 1.82) is 0 Å². The zero-order valence-electron chi connectivity index (χ0n) is 14.5. The molecule has 8 heteroatoms. The van der Waals surface area contributed by atoms with Gasteiger partial charge in [-0.15, -0.1) is 0 Å². The van der Waals surface area contributed by atoms with E-state index in [9.17, 15) is 13.2 Å². The molecule has 1 aromatic rings. The SMILES string of the molecule is COC(=O)c1cccc(CS(=O)(=O)N2CCC(N3CCNCC3)C2)c1. The van der Waals surface area contributed by atoms with Gasteiger partial charge in [0.05, 0.1) is 18.4 Å². The molecule has 25 heavy (non-hydrogen) atoms. The summed E-state index contributed by atoms with van der Waals surface area (Å²) in [5.74, 6) is -0.550. The molecule has 1 N–H and O–H groups in total. The van der Waals surface area contributed by atoms with Crippen molar-refractivity contribution in [3.63, 3.8) is 0 Å². The summed E-state index contributed by atoms with van der Waals surface area (Å²) >= 11 is 0. The molecule has 2 heterocycles. The van der Waals surface area contributed by atoms with E-state index in [2.05, 4.69) is 10.2 Å². The predicted octanol–water partition coefficient (Wildman–Crippen LogP) is 0.283. The molecule has 7 nitrogen and oxygen atoms in total. The molecule has 3 rings (SSSR count). The molecule has 1 aromatic carbocycles. The van der Waals surface area contributed by atoms with Crippen LogP contribution in [0.3, 0.4) is 0 Å². The lowest BCUT2D eigenvalue weighted by Gasteiger charge is -2.32. The van der Waals surface area contributed by atoms with Crippen LogP contribution in [0.5, 0.6) is 0 Å². The quantitative estimate of drug-likeness (QED) is 0.754. The summed E-state index contributed by atoms with van der Waals surface area (Å²) in [5, 5.41) is 3.32. The second-order valence-electron chi connectivity index (χ2n) is 6.53. The van der Waals surface area contributed by atoms with Crippen LogP contribution in [0, 0.1) is 0 Å². The van der Waals surface area contributed by atoms with Gasteiger partial charge in [-0.3, -0.25) is 4.90 Å². The van der Waals surface area contributed by atoms with Crippen LogP contribution in [0.2, 0.25) is 0 Å². The lowest BCUT2D eigenvalue weighted by Crippen LogP contribution is -2.49. The number of sulfonamides is 1. The third-order valence-electron chi connectivity index (χ3n) is 4.88. The fourth-order valence-corrected chi connectivity index (χ4v) is 5.08. The maximum atomic E-state index is 12.8. The van der Waals surface area contributed by atoms with Crippen LogP contribution in [0.25, 0.3) is 0 Å². The highest BCUT2D eigenvalue weighted by Gasteiger charge is 2.34. The molecule has 0 saturated carbocycles. The van der Waals surface area contributed by atoms with E-state index < -0.39 is 16.0 Å². The predicted molar refractivity (Wildman–Crippen MR) is 94.8 cm³/mol. The fourth-order valence-electron chi connectivity index (χ4n) is 3.52. The summed E-state index contributed by atoms with van der Waals surface area (Å²) in [6.07, 6.45) is 0.876. The van der Waals surface area contributed by atoms with Gasteiger partial charge in [-0.1, -0.05) is 12.1 Å². The van der Waals surface area contributed by atoms with Crippen LogP contribution in [0.1, 0.15) is 22.3 Å². The van der Waals surface area contributed by atoms with Gasteiger partial charge < -0.3 is 10.1 Å². The van der Waals surface area contributed by atoms with E-state index in [4.69, 9.17) is 4.74 Å². The Morgan fingerprint density at radius 2 is 2.04 bits per heavy atom. The second-order valence-corrected chi connectivity index (χ2v) is 8.50. The molecule has 0 aliphatic carbocycles. The minimum atomic E-state index is -3.39. The number of piperazine rings is 1. The molecule has 2 fully saturated rings. The average molecular weight is 367 g/mol. The smallest absolute Gasteiger partial charge is 0.337 e. The lowest BCUT2D eigenvalue weighted by atomic mass is 10.1. The summed E-state index contributed by atoms with van der Waals surface area (Å²) in [6.45, 7) is 4.99. The van der Waals surface area contributed by atoms with Gasteiger partial charge in [0.25, 0.3) is 0 Å². The van der Waals surface area contributed by atoms with Crippen molar-refractivity contribution < 1.29 is 17.9 Å². The maximum Gasteiger partial charge on any atom is 0.337 e. The van der Waals surface area contributed by atoms with Crippen molar-refractivity contribution in [2.45, 2.75) is 18.2 Å². The summed E-state index contributed by atoms with van der Waals surface area (Å²) in [6, 6.07) is 6.93. The molecule has 0 bridgehead atoms. The van der Waals surface area contributed by atoms with Gasteiger partial charge in [0, 0.05) is 45.3 Å².